The number of pyridine rings is 1. The van der Waals surface area contributed by atoms with E-state index < -0.39 is 6.10 Å². The molecule has 27 heavy (non-hydrogen) atoms. The lowest BCUT2D eigenvalue weighted by Gasteiger charge is -2.15. The van der Waals surface area contributed by atoms with Crippen molar-refractivity contribution in [3.63, 3.8) is 0 Å². The highest BCUT2D eigenvalue weighted by molar-refractivity contribution is 6.31. The molecular weight excluding hydrogens is 360 g/mol. The largest absolute Gasteiger partial charge is 0.387 e. The Morgan fingerprint density at radius 3 is 2.59 bits per heavy atom. The molecule has 0 bridgehead atoms. The maximum absolute atomic E-state index is 10.5. The lowest BCUT2D eigenvalue weighted by Crippen LogP contribution is -2.14. The molecule has 134 valence electrons. The summed E-state index contributed by atoms with van der Waals surface area (Å²) in [7, 11) is 0. The number of fused-ring (bicyclic) bond motifs is 1. The van der Waals surface area contributed by atoms with E-state index in [1.54, 1.807) is 18.5 Å². The van der Waals surface area contributed by atoms with Gasteiger partial charge in [-0.25, -0.2) is 9.97 Å². The fourth-order valence-corrected chi connectivity index (χ4v) is 3.15. The van der Waals surface area contributed by atoms with Crippen LogP contribution in [0.25, 0.3) is 22.3 Å². The van der Waals surface area contributed by atoms with E-state index in [9.17, 15) is 5.11 Å². The van der Waals surface area contributed by atoms with Gasteiger partial charge in [-0.1, -0.05) is 41.9 Å². The zero-order chi connectivity index (χ0) is 18.6. The molecule has 4 aromatic rings. The third-order valence-electron chi connectivity index (χ3n) is 4.25. The Kier molecular flexibility index (Phi) is 4.96. The van der Waals surface area contributed by atoms with Gasteiger partial charge in [-0.3, -0.25) is 4.98 Å². The summed E-state index contributed by atoms with van der Waals surface area (Å²) in [5.41, 5.74) is 2.33. The predicted octanol–water partition coefficient (Wildman–Crippen LogP) is 4.49. The summed E-state index contributed by atoms with van der Waals surface area (Å²) in [6, 6.07) is 18.8. The number of aliphatic hydroxyl groups is 1. The smallest absolute Gasteiger partial charge is 0.163 e. The number of anilines is 1. The third kappa shape index (κ3) is 3.74. The first kappa shape index (κ1) is 17.4. The van der Waals surface area contributed by atoms with E-state index in [1.807, 2.05) is 54.6 Å². The number of aromatic nitrogens is 3. The fraction of sp³-hybridized carbons (Fsp3) is 0.0952. The van der Waals surface area contributed by atoms with Crippen molar-refractivity contribution in [1.29, 1.82) is 0 Å². The van der Waals surface area contributed by atoms with Crippen LogP contribution in [0, 0.1) is 0 Å². The lowest BCUT2D eigenvalue weighted by atomic mass is 10.1. The van der Waals surface area contributed by atoms with Crippen LogP contribution in [0.1, 0.15) is 11.7 Å². The van der Waals surface area contributed by atoms with Crippen molar-refractivity contribution in [1.82, 2.24) is 15.0 Å². The van der Waals surface area contributed by atoms with Gasteiger partial charge in [-0.15, -0.1) is 0 Å². The second-order valence-corrected chi connectivity index (χ2v) is 6.48. The van der Waals surface area contributed by atoms with Crippen LogP contribution < -0.4 is 5.32 Å². The highest BCUT2D eigenvalue weighted by Gasteiger charge is 2.14. The molecule has 0 aliphatic heterocycles. The molecule has 2 aromatic heterocycles. The molecule has 0 aliphatic rings. The summed E-state index contributed by atoms with van der Waals surface area (Å²) < 4.78 is 0. The van der Waals surface area contributed by atoms with Crippen LogP contribution in [0.4, 0.5) is 5.82 Å². The van der Waals surface area contributed by atoms with Crippen molar-refractivity contribution in [3.8, 4) is 11.4 Å². The molecule has 2 heterocycles. The number of hydrogen-bond acceptors (Lipinski definition) is 5. The Morgan fingerprint density at radius 2 is 1.78 bits per heavy atom. The number of nitrogens with one attached hydrogen (secondary N) is 1. The van der Waals surface area contributed by atoms with E-state index in [2.05, 4.69) is 20.3 Å². The zero-order valence-corrected chi connectivity index (χ0v) is 15.1. The first-order chi connectivity index (χ1) is 13.2. The van der Waals surface area contributed by atoms with E-state index >= 15 is 0 Å². The molecule has 2 aromatic carbocycles. The normalized spacial score (nSPS) is 12.1. The summed E-state index contributed by atoms with van der Waals surface area (Å²) in [5, 5.41) is 15.2. The average molecular weight is 377 g/mol. The molecule has 0 radical (unpaired) electrons. The van der Waals surface area contributed by atoms with Gasteiger partial charge in [0.25, 0.3) is 0 Å². The monoisotopic (exact) mass is 376 g/mol. The average Bonchev–Trinajstić information content (AvgIpc) is 2.72. The van der Waals surface area contributed by atoms with E-state index in [0.717, 1.165) is 16.5 Å². The van der Waals surface area contributed by atoms with Gasteiger partial charge >= 0.3 is 0 Å². The molecule has 1 unspecified atom stereocenters. The Labute approximate surface area is 161 Å². The molecule has 0 saturated carbocycles. The van der Waals surface area contributed by atoms with E-state index in [-0.39, 0.29) is 6.54 Å². The van der Waals surface area contributed by atoms with Crippen LogP contribution in [0.5, 0.6) is 0 Å². The van der Waals surface area contributed by atoms with Crippen LogP contribution in [0.3, 0.4) is 0 Å². The minimum atomic E-state index is -0.755. The summed E-state index contributed by atoms with van der Waals surface area (Å²) in [4.78, 5) is 13.4. The molecule has 1 atom stereocenters. The molecule has 0 saturated heterocycles. The Balaban J connectivity index is 1.67. The minimum absolute atomic E-state index is 0.275. The van der Waals surface area contributed by atoms with Crippen molar-refractivity contribution in [2.45, 2.75) is 6.10 Å². The zero-order valence-electron chi connectivity index (χ0n) is 14.4. The number of para-hydroxylation sites is 1. The van der Waals surface area contributed by atoms with Crippen molar-refractivity contribution in [3.05, 3.63) is 83.6 Å². The van der Waals surface area contributed by atoms with E-state index in [4.69, 9.17) is 11.6 Å². The Morgan fingerprint density at radius 1 is 0.963 bits per heavy atom. The highest BCUT2D eigenvalue weighted by atomic mass is 35.5. The molecule has 0 fully saturated rings. The van der Waals surface area contributed by atoms with Gasteiger partial charge in [-0.2, -0.15) is 0 Å². The molecule has 2 N–H and O–H groups in total. The minimum Gasteiger partial charge on any atom is -0.387 e. The van der Waals surface area contributed by atoms with Gasteiger partial charge in [0.1, 0.15) is 5.82 Å². The number of hydrogen-bond donors (Lipinski definition) is 2. The highest BCUT2D eigenvalue weighted by Crippen LogP contribution is 2.26. The second kappa shape index (κ2) is 7.70. The number of aliphatic hydroxyl groups excluding tert-OH is 1. The summed E-state index contributed by atoms with van der Waals surface area (Å²) in [5.74, 6) is 1.24. The van der Waals surface area contributed by atoms with Crippen molar-refractivity contribution in [2.24, 2.45) is 0 Å². The van der Waals surface area contributed by atoms with Gasteiger partial charge in [-0.05, 0) is 30.3 Å². The van der Waals surface area contributed by atoms with Crippen LogP contribution in [-0.2, 0) is 0 Å². The van der Waals surface area contributed by atoms with Gasteiger partial charge in [0, 0.05) is 40.5 Å². The van der Waals surface area contributed by atoms with Gasteiger partial charge in [0.05, 0.1) is 11.6 Å². The molecule has 0 spiro atoms. The number of rotatable bonds is 5. The fourth-order valence-electron chi connectivity index (χ4n) is 2.88. The van der Waals surface area contributed by atoms with Crippen molar-refractivity contribution >= 4 is 28.3 Å². The maximum atomic E-state index is 10.5. The summed E-state index contributed by atoms with van der Waals surface area (Å²) in [6.45, 7) is 0.275. The van der Waals surface area contributed by atoms with Crippen LogP contribution in [0.15, 0.2) is 73.1 Å². The molecule has 6 heteroatoms. The third-order valence-corrected chi connectivity index (χ3v) is 4.59. The number of halogens is 1. The second-order valence-electron chi connectivity index (χ2n) is 6.07. The van der Waals surface area contributed by atoms with Gasteiger partial charge < -0.3 is 10.4 Å². The molecule has 0 amide bonds. The first-order valence-electron chi connectivity index (χ1n) is 8.56. The number of nitrogens with zero attached hydrogens (tertiary/aromatic N) is 3. The topological polar surface area (TPSA) is 70.9 Å². The van der Waals surface area contributed by atoms with Gasteiger partial charge in [0.15, 0.2) is 5.82 Å². The van der Waals surface area contributed by atoms with Crippen molar-refractivity contribution in [2.75, 3.05) is 11.9 Å². The number of benzene rings is 2. The molecule has 4 rings (SSSR count). The van der Waals surface area contributed by atoms with Crippen LogP contribution in [0.2, 0.25) is 5.02 Å². The predicted molar refractivity (Wildman–Crippen MR) is 108 cm³/mol. The quantitative estimate of drug-likeness (QED) is 0.537. The molecule has 5 nitrogen and oxygen atoms in total. The molecular formula is C21H17ClN4O. The lowest BCUT2D eigenvalue weighted by molar-refractivity contribution is 0.191. The summed E-state index contributed by atoms with van der Waals surface area (Å²) in [6.07, 6.45) is 2.69. The van der Waals surface area contributed by atoms with E-state index in [1.165, 1.54) is 0 Å². The standard InChI is InChI=1S/C21H17ClN4O/c22-17-9-3-1-7-15(17)19(27)13-24-21-16-8-2-4-10-18(16)25-20(26-21)14-6-5-11-23-12-14/h1-12,19,27H,13H2,(H,24,25,26). The van der Waals surface area contributed by atoms with Crippen LogP contribution >= 0.6 is 11.6 Å². The van der Waals surface area contributed by atoms with Crippen molar-refractivity contribution < 1.29 is 5.11 Å². The Bertz CT molecular complexity index is 1070. The first-order valence-corrected chi connectivity index (χ1v) is 8.94. The van der Waals surface area contributed by atoms with E-state index in [0.29, 0.717) is 22.2 Å². The SMILES string of the molecule is OC(CNc1nc(-c2cccnc2)nc2ccccc12)c1ccccc1Cl. The molecule has 0 aliphatic carbocycles. The van der Waals surface area contributed by atoms with Gasteiger partial charge in [0.2, 0.25) is 0 Å². The summed E-state index contributed by atoms with van der Waals surface area (Å²) >= 11 is 6.18. The van der Waals surface area contributed by atoms with Crippen LogP contribution in [-0.4, -0.2) is 26.6 Å². The Hall–Kier alpha value is -3.02. The maximum Gasteiger partial charge on any atom is 0.163 e.